The van der Waals surface area contributed by atoms with E-state index in [0.717, 1.165) is 0 Å². The van der Waals surface area contributed by atoms with Crippen LogP contribution in [0.4, 0.5) is 0 Å². The Kier molecular flexibility index (Phi) is 5.27. The summed E-state index contributed by atoms with van der Waals surface area (Å²) in [6.07, 6.45) is 0. The van der Waals surface area contributed by atoms with E-state index >= 15 is 0 Å². The molecule has 0 aromatic heterocycles. The summed E-state index contributed by atoms with van der Waals surface area (Å²) in [4.78, 5) is 12.6. The number of carbonyl (C=O) groups is 1. The van der Waals surface area contributed by atoms with E-state index in [9.17, 15) is 4.79 Å². The monoisotopic (exact) mass is 268 g/mol. The predicted molar refractivity (Wildman–Crippen MR) is 82.9 cm³/mol. The maximum atomic E-state index is 12.6. The largest absolute Gasteiger partial charge is 0.368 e. The molecule has 0 heterocycles. The minimum Gasteiger partial charge on any atom is -0.368 e. The predicted octanol–water partition coefficient (Wildman–Crippen LogP) is 3.47. The summed E-state index contributed by atoms with van der Waals surface area (Å²) >= 11 is 0. The molecule has 112 valence electrons. The fourth-order valence-corrected chi connectivity index (χ4v) is 1.77. The number of Topliss-reactive ketones (excluding diaryl/α,β-unsaturated/α-hetero) is 1. The third-order valence-corrected chi connectivity index (χ3v) is 2.71. The lowest BCUT2D eigenvalue weighted by molar-refractivity contribution is -0.130. The Morgan fingerprint density at radius 3 is 1.63 bits per heavy atom. The highest BCUT2D eigenvalue weighted by Gasteiger charge is 2.37. The average molecular weight is 268 g/mol. The van der Waals surface area contributed by atoms with E-state index in [-0.39, 0.29) is 28.2 Å². The van der Waals surface area contributed by atoms with Crippen molar-refractivity contribution in [1.29, 1.82) is 0 Å². The van der Waals surface area contributed by atoms with Crippen LogP contribution in [-0.4, -0.2) is 17.4 Å². The first-order valence-corrected chi connectivity index (χ1v) is 6.92. The summed E-state index contributed by atoms with van der Waals surface area (Å²) in [6, 6.07) is -0.255. The van der Waals surface area contributed by atoms with Gasteiger partial charge < -0.3 is 10.6 Å². The summed E-state index contributed by atoms with van der Waals surface area (Å²) in [5.41, 5.74) is -0.600. The van der Waals surface area contributed by atoms with Crippen LogP contribution in [0, 0.1) is 10.8 Å². The molecule has 0 aliphatic heterocycles. The third-order valence-electron chi connectivity index (χ3n) is 2.71. The first-order chi connectivity index (χ1) is 8.14. The third kappa shape index (κ3) is 6.65. The summed E-state index contributed by atoms with van der Waals surface area (Å²) in [7, 11) is 0. The molecule has 0 aliphatic carbocycles. The fraction of sp³-hybridized carbons (Fsp3) is 0.812. The molecule has 0 fully saturated rings. The molecule has 0 spiro atoms. The molecule has 0 radical (unpaired) electrons. The van der Waals surface area contributed by atoms with Gasteiger partial charge in [-0.05, 0) is 26.2 Å². The molecule has 0 amide bonds. The standard InChI is InChI=1S/C16H32N2O/c1-11(18-16(8,9)10)17-12(14(2,3)4)13(19)15(5,6)7/h12,17-18H,1H2,2-10H3. The molecule has 0 saturated carbocycles. The number of ketones is 1. The quantitative estimate of drug-likeness (QED) is 0.820. The normalized spacial score (nSPS) is 14.8. The van der Waals surface area contributed by atoms with Crippen molar-refractivity contribution in [2.75, 3.05) is 0 Å². The second-order valence-corrected chi connectivity index (χ2v) is 8.41. The smallest absolute Gasteiger partial charge is 0.160 e. The lowest BCUT2D eigenvalue weighted by atomic mass is 9.75. The summed E-state index contributed by atoms with van der Waals surface area (Å²) < 4.78 is 0. The van der Waals surface area contributed by atoms with E-state index in [1.807, 2.05) is 20.8 Å². The van der Waals surface area contributed by atoms with Gasteiger partial charge in [-0.15, -0.1) is 0 Å². The molecule has 3 nitrogen and oxygen atoms in total. The van der Waals surface area contributed by atoms with Crippen LogP contribution in [0.1, 0.15) is 62.3 Å². The van der Waals surface area contributed by atoms with Crippen molar-refractivity contribution in [3.63, 3.8) is 0 Å². The zero-order valence-corrected chi connectivity index (χ0v) is 14.2. The Bertz CT molecular complexity index is 337. The highest BCUT2D eigenvalue weighted by Crippen LogP contribution is 2.28. The average Bonchev–Trinajstić information content (AvgIpc) is 2.06. The summed E-state index contributed by atoms with van der Waals surface area (Å²) in [5.74, 6) is 0.905. The second kappa shape index (κ2) is 5.56. The molecule has 0 saturated heterocycles. The molecule has 2 N–H and O–H groups in total. The van der Waals surface area contributed by atoms with Gasteiger partial charge in [0.15, 0.2) is 5.78 Å². The highest BCUT2D eigenvalue weighted by atomic mass is 16.1. The fourth-order valence-electron chi connectivity index (χ4n) is 1.77. The lowest BCUT2D eigenvalue weighted by Crippen LogP contribution is -2.53. The van der Waals surface area contributed by atoms with Crippen molar-refractivity contribution < 1.29 is 4.79 Å². The van der Waals surface area contributed by atoms with Crippen molar-refractivity contribution in [2.45, 2.75) is 73.9 Å². The lowest BCUT2D eigenvalue weighted by Gasteiger charge is -2.37. The molecule has 0 aliphatic rings. The SMILES string of the molecule is C=C(NC(C(=O)C(C)(C)C)C(C)(C)C)NC(C)(C)C. The molecule has 0 bridgehead atoms. The number of hydrogen-bond acceptors (Lipinski definition) is 3. The summed E-state index contributed by atoms with van der Waals surface area (Å²) in [6.45, 7) is 22.3. The number of carbonyl (C=O) groups excluding carboxylic acids is 1. The van der Waals surface area contributed by atoms with Crippen molar-refractivity contribution >= 4 is 5.78 Å². The van der Waals surface area contributed by atoms with Gasteiger partial charge in [0.2, 0.25) is 0 Å². The zero-order valence-electron chi connectivity index (χ0n) is 14.2. The maximum Gasteiger partial charge on any atom is 0.160 e. The first-order valence-electron chi connectivity index (χ1n) is 6.92. The highest BCUT2D eigenvalue weighted by molar-refractivity contribution is 5.89. The Balaban J connectivity index is 5.02. The Morgan fingerprint density at radius 1 is 0.947 bits per heavy atom. The summed E-state index contributed by atoms with van der Waals surface area (Å²) in [5, 5.41) is 6.53. The molecule has 1 atom stereocenters. The van der Waals surface area contributed by atoms with Crippen molar-refractivity contribution in [3.8, 4) is 0 Å². The maximum absolute atomic E-state index is 12.6. The van der Waals surface area contributed by atoms with Crippen molar-refractivity contribution in [3.05, 3.63) is 12.4 Å². The van der Waals surface area contributed by atoms with E-state index < -0.39 is 0 Å². The van der Waals surface area contributed by atoms with Crippen molar-refractivity contribution in [1.82, 2.24) is 10.6 Å². The molecule has 19 heavy (non-hydrogen) atoms. The molecule has 1 unspecified atom stereocenters. The van der Waals surface area contributed by atoms with Gasteiger partial charge in [-0.3, -0.25) is 4.79 Å². The van der Waals surface area contributed by atoms with E-state index in [1.165, 1.54) is 0 Å². The van der Waals surface area contributed by atoms with Crippen LogP contribution >= 0.6 is 0 Å². The van der Waals surface area contributed by atoms with Crippen LogP contribution in [-0.2, 0) is 4.79 Å². The molecule has 0 aromatic carbocycles. The second-order valence-electron chi connectivity index (χ2n) is 8.41. The van der Waals surface area contributed by atoms with Gasteiger partial charge in [0.1, 0.15) is 0 Å². The minimum absolute atomic E-state index is 0.0721. The van der Waals surface area contributed by atoms with Gasteiger partial charge in [-0.25, -0.2) is 0 Å². The van der Waals surface area contributed by atoms with Crippen LogP contribution in [0.5, 0.6) is 0 Å². The van der Waals surface area contributed by atoms with E-state index in [2.05, 4.69) is 58.8 Å². The molecular weight excluding hydrogens is 236 g/mol. The number of rotatable bonds is 4. The Labute approximate surface area is 119 Å². The van der Waals surface area contributed by atoms with Gasteiger partial charge in [0, 0.05) is 11.0 Å². The molecular formula is C16H32N2O. The minimum atomic E-state index is -0.368. The molecule has 0 rings (SSSR count). The van der Waals surface area contributed by atoms with Gasteiger partial charge in [-0.1, -0.05) is 48.1 Å². The van der Waals surface area contributed by atoms with E-state index in [0.29, 0.717) is 5.82 Å². The first kappa shape index (κ1) is 18.0. The van der Waals surface area contributed by atoms with Crippen LogP contribution in [0.25, 0.3) is 0 Å². The van der Waals surface area contributed by atoms with Crippen LogP contribution in [0.2, 0.25) is 0 Å². The zero-order chi connectivity index (χ0) is 15.6. The van der Waals surface area contributed by atoms with Crippen LogP contribution in [0.15, 0.2) is 12.4 Å². The van der Waals surface area contributed by atoms with Crippen LogP contribution in [0.3, 0.4) is 0 Å². The molecule has 0 aromatic rings. The Hall–Kier alpha value is -0.990. The van der Waals surface area contributed by atoms with Gasteiger partial charge in [0.25, 0.3) is 0 Å². The van der Waals surface area contributed by atoms with Gasteiger partial charge in [0.05, 0.1) is 11.9 Å². The van der Waals surface area contributed by atoms with E-state index in [1.54, 1.807) is 0 Å². The number of hydrogen-bond donors (Lipinski definition) is 2. The van der Waals surface area contributed by atoms with Crippen LogP contribution < -0.4 is 10.6 Å². The number of nitrogens with one attached hydrogen (secondary N) is 2. The Morgan fingerprint density at radius 2 is 1.37 bits per heavy atom. The molecule has 3 heteroatoms. The van der Waals surface area contributed by atoms with Gasteiger partial charge in [-0.2, -0.15) is 0 Å². The van der Waals surface area contributed by atoms with Gasteiger partial charge >= 0.3 is 0 Å². The van der Waals surface area contributed by atoms with Crippen molar-refractivity contribution in [2.24, 2.45) is 10.8 Å². The topological polar surface area (TPSA) is 41.1 Å². The van der Waals surface area contributed by atoms with E-state index in [4.69, 9.17) is 0 Å².